The van der Waals surface area contributed by atoms with Crippen LogP contribution < -0.4 is 10.6 Å². The van der Waals surface area contributed by atoms with Gasteiger partial charge < -0.3 is 15.7 Å². The first kappa shape index (κ1) is 17.8. The molecule has 5 nitrogen and oxygen atoms in total. The van der Waals surface area contributed by atoms with Crippen molar-refractivity contribution in [3.05, 3.63) is 0 Å². The van der Waals surface area contributed by atoms with Crippen molar-refractivity contribution in [2.24, 2.45) is 17.8 Å². The molecule has 0 unspecified atom stereocenters. The summed E-state index contributed by atoms with van der Waals surface area (Å²) >= 11 is 0. The fourth-order valence-corrected chi connectivity index (χ4v) is 2.91. The molecule has 1 saturated carbocycles. The molecule has 1 aliphatic carbocycles. The van der Waals surface area contributed by atoms with Gasteiger partial charge >= 0.3 is 12.0 Å². The maximum Gasteiger partial charge on any atom is 0.326 e. The SMILES string of the molecule is CC(C)C[C@H](NC(=O)NCCC1CCC(C)CC1)C(=O)O. The van der Waals surface area contributed by atoms with Crippen LogP contribution in [0.2, 0.25) is 0 Å². The second-order valence-electron chi connectivity index (χ2n) is 6.84. The number of aliphatic carboxylic acids is 1. The summed E-state index contributed by atoms with van der Waals surface area (Å²) in [5.74, 6) is 0.799. The van der Waals surface area contributed by atoms with E-state index in [1.54, 1.807) is 0 Å². The van der Waals surface area contributed by atoms with Crippen LogP contribution in [0, 0.1) is 17.8 Å². The van der Waals surface area contributed by atoms with Gasteiger partial charge in [-0.15, -0.1) is 0 Å². The van der Waals surface area contributed by atoms with Crippen molar-refractivity contribution in [1.29, 1.82) is 0 Å². The number of carbonyl (C=O) groups excluding carboxylic acids is 1. The van der Waals surface area contributed by atoms with Crippen molar-refractivity contribution in [1.82, 2.24) is 10.6 Å². The number of carbonyl (C=O) groups is 2. The first-order chi connectivity index (χ1) is 9.88. The predicted octanol–water partition coefficient (Wildman–Crippen LogP) is 3.00. The molecule has 0 radical (unpaired) electrons. The van der Waals surface area contributed by atoms with Crippen molar-refractivity contribution in [2.45, 2.75) is 65.3 Å². The van der Waals surface area contributed by atoms with E-state index in [1.165, 1.54) is 25.7 Å². The summed E-state index contributed by atoms with van der Waals surface area (Å²) in [6.45, 7) is 6.81. The molecular formula is C16H30N2O3. The van der Waals surface area contributed by atoms with Gasteiger partial charge in [0.1, 0.15) is 6.04 Å². The minimum Gasteiger partial charge on any atom is -0.480 e. The minimum atomic E-state index is -0.972. The van der Waals surface area contributed by atoms with Crippen LogP contribution in [0.3, 0.4) is 0 Å². The summed E-state index contributed by atoms with van der Waals surface area (Å²) < 4.78 is 0. The summed E-state index contributed by atoms with van der Waals surface area (Å²) in [4.78, 5) is 22.8. The third-order valence-electron chi connectivity index (χ3n) is 4.28. The predicted molar refractivity (Wildman–Crippen MR) is 83.2 cm³/mol. The standard InChI is InChI=1S/C16H30N2O3/c1-11(2)10-14(15(19)20)18-16(21)17-9-8-13-6-4-12(3)5-7-13/h11-14H,4-10H2,1-3H3,(H,19,20)(H2,17,18,21)/t12?,13?,14-/m0/s1. The van der Waals surface area contributed by atoms with Gasteiger partial charge in [-0.2, -0.15) is 0 Å². The van der Waals surface area contributed by atoms with E-state index in [4.69, 9.17) is 5.11 Å². The molecule has 0 aromatic rings. The van der Waals surface area contributed by atoms with Crippen molar-refractivity contribution in [3.63, 3.8) is 0 Å². The Hall–Kier alpha value is -1.26. The normalized spacial score (nSPS) is 23.6. The first-order valence-electron chi connectivity index (χ1n) is 8.15. The highest BCUT2D eigenvalue weighted by molar-refractivity contribution is 5.82. The number of nitrogens with one attached hydrogen (secondary N) is 2. The van der Waals surface area contributed by atoms with Gasteiger partial charge in [-0.1, -0.05) is 46.5 Å². The fraction of sp³-hybridized carbons (Fsp3) is 0.875. The summed E-state index contributed by atoms with van der Waals surface area (Å²) in [5, 5.41) is 14.4. The molecule has 122 valence electrons. The number of carboxylic acids is 1. The quantitative estimate of drug-likeness (QED) is 0.676. The van der Waals surface area contributed by atoms with Crippen molar-refractivity contribution >= 4 is 12.0 Å². The van der Waals surface area contributed by atoms with Gasteiger partial charge in [-0.05, 0) is 30.6 Å². The van der Waals surface area contributed by atoms with Gasteiger partial charge in [0.2, 0.25) is 0 Å². The minimum absolute atomic E-state index is 0.232. The van der Waals surface area contributed by atoms with Gasteiger partial charge in [0.05, 0.1) is 0 Å². The van der Waals surface area contributed by atoms with E-state index in [2.05, 4.69) is 17.6 Å². The highest BCUT2D eigenvalue weighted by Crippen LogP contribution is 2.29. The van der Waals surface area contributed by atoms with Crippen LogP contribution in [0.15, 0.2) is 0 Å². The zero-order chi connectivity index (χ0) is 15.8. The monoisotopic (exact) mass is 298 g/mol. The average molecular weight is 298 g/mol. The molecule has 1 aliphatic rings. The Morgan fingerprint density at radius 2 is 1.81 bits per heavy atom. The average Bonchev–Trinajstić information content (AvgIpc) is 2.39. The lowest BCUT2D eigenvalue weighted by atomic mass is 9.81. The maximum atomic E-state index is 11.7. The molecule has 1 fully saturated rings. The third kappa shape index (κ3) is 7.34. The largest absolute Gasteiger partial charge is 0.480 e. The van der Waals surface area contributed by atoms with E-state index in [1.807, 2.05) is 13.8 Å². The van der Waals surface area contributed by atoms with Gasteiger partial charge in [0.15, 0.2) is 0 Å². The number of carboxylic acid groups (broad SMARTS) is 1. The molecule has 3 N–H and O–H groups in total. The van der Waals surface area contributed by atoms with Gasteiger partial charge in [0.25, 0.3) is 0 Å². The maximum absolute atomic E-state index is 11.7. The molecule has 1 atom stereocenters. The van der Waals surface area contributed by atoms with E-state index in [9.17, 15) is 9.59 Å². The Kier molecular flexibility index (Phi) is 7.54. The van der Waals surface area contributed by atoms with Crippen molar-refractivity contribution in [3.8, 4) is 0 Å². The Morgan fingerprint density at radius 3 is 2.33 bits per heavy atom. The van der Waals surface area contributed by atoms with Crippen molar-refractivity contribution in [2.75, 3.05) is 6.54 Å². The number of hydrogen-bond donors (Lipinski definition) is 3. The van der Waals surface area contributed by atoms with Crippen LogP contribution in [0.4, 0.5) is 4.79 Å². The molecule has 21 heavy (non-hydrogen) atoms. The first-order valence-corrected chi connectivity index (χ1v) is 8.15. The topological polar surface area (TPSA) is 78.4 Å². The van der Waals surface area contributed by atoms with E-state index < -0.39 is 12.0 Å². The van der Waals surface area contributed by atoms with E-state index >= 15 is 0 Å². The highest BCUT2D eigenvalue weighted by Gasteiger charge is 2.21. The van der Waals surface area contributed by atoms with E-state index in [0.717, 1.165) is 12.3 Å². The summed E-state index contributed by atoms with van der Waals surface area (Å²) in [6.07, 6.45) is 6.50. The Balaban J connectivity index is 2.22. The van der Waals surface area contributed by atoms with E-state index in [0.29, 0.717) is 18.9 Å². The Labute approximate surface area is 127 Å². The molecule has 0 saturated heterocycles. The fourth-order valence-electron chi connectivity index (χ4n) is 2.91. The molecule has 0 heterocycles. The molecule has 1 rings (SSSR count). The van der Waals surface area contributed by atoms with Crippen LogP contribution in [0.25, 0.3) is 0 Å². The molecule has 0 aromatic heterocycles. The Morgan fingerprint density at radius 1 is 1.19 bits per heavy atom. The third-order valence-corrected chi connectivity index (χ3v) is 4.28. The lowest BCUT2D eigenvalue weighted by Crippen LogP contribution is -2.47. The molecule has 0 spiro atoms. The molecule has 0 bridgehead atoms. The molecule has 0 aromatic carbocycles. The van der Waals surface area contributed by atoms with Gasteiger partial charge in [0, 0.05) is 6.54 Å². The second kappa shape index (κ2) is 8.90. The lowest BCUT2D eigenvalue weighted by molar-refractivity contribution is -0.139. The number of rotatable bonds is 7. The van der Waals surface area contributed by atoms with Crippen LogP contribution >= 0.6 is 0 Å². The second-order valence-corrected chi connectivity index (χ2v) is 6.84. The smallest absolute Gasteiger partial charge is 0.326 e. The van der Waals surface area contributed by atoms with Gasteiger partial charge in [-0.25, -0.2) is 9.59 Å². The van der Waals surface area contributed by atoms with Crippen LogP contribution in [-0.2, 0) is 4.79 Å². The van der Waals surface area contributed by atoms with Crippen LogP contribution in [-0.4, -0.2) is 29.7 Å². The zero-order valence-corrected chi connectivity index (χ0v) is 13.5. The molecule has 2 amide bonds. The number of hydrogen-bond acceptors (Lipinski definition) is 2. The summed E-state index contributed by atoms with van der Waals surface area (Å²) in [6, 6.07) is -1.17. The number of urea groups is 1. The summed E-state index contributed by atoms with van der Waals surface area (Å²) in [7, 11) is 0. The Bertz CT molecular complexity index is 336. The summed E-state index contributed by atoms with van der Waals surface area (Å²) in [5.41, 5.74) is 0. The van der Waals surface area contributed by atoms with Crippen molar-refractivity contribution < 1.29 is 14.7 Å². The lowest BCUT2D eigenvalue weighted by Gasteiger charge is -2.26. The van der Waals surface area contributed by atoms with Crippen LogP contribution in [0.1, 0.15) is 59.3 Å². The number of amides is 2. The highest BCUT2D eigenvalue weighted by atomic mass is 16.4. The van der Waals surface area contributed by atoms with Crippen LogP contribution in [0.5, 0.6) is 0 Å². The zero-order valence-electron chi connectivity index (χ0n) is 13.5. The molecular weight excluding hydrogens is 268 g/mol. The molecule has 0 aliphatic heterocycles. The van der Waals surface area contributed by atoms with Gasteiger partial charge in [-0.3, -0.25) is 0 Å². The van der Waals surface area contributed by atoms with E-state index in [-0.39, 0.29) is 11.9 Å². The molecule has 5 heteroatoms.